The average molecular weight is 220 g/mol. The molecule has 0 bridgehead atoms. The third kappa shape index (κ3) is 2.13. The van der Waals surface area contributed by atoms with E-state index in [4.69, 9.17) is 5.73 Å². The summed E-state index contributed by atoms with van der Waals surface area (Å²) in [5.41, 5.74) is 6.41. The minimum atomic E-state index is 0.0662. The summed E-state index contributed by atoms with van der Waals surface area (Å²) in [6.07, 6.45) is 4.79. The first kappa shape index (κ1) is 10.9. The van der Waals surface area contributed by atoms with E-state index in [0.717, 1.165) is 31.5 Å². The molecule has 5 heteroatoms. The number of carbonyl (C=O) groups excluding carboxylic acids is 1. The number of nitrogens with two attached hydrogens (primary N) is 1. The van der Waals surface area contributed by atoms with Gasteiger partial charge in [-0.15, -0.1) is 0 Å². The van der Waals surface area contributed by atoms with Gasteiger partial charge in [0.05, 0.1) is 11.7 Å². The summed E-state index contributed by atoms with van der Waals surface area (Å²) in [6.45, 7) is 2.41. The standard InChI is InChI=1S/C11H16N4O/c1-8(16)15-7-3-2-4-10(15)9-5-6-13-11(12)14-9/h5-6,10H,2-4,7H2,1H3,(H2,12,13,14)/t10-/m1/s1. The maximum Gasteiger partial charge on any atom is 0.220 e. The number of anilines is 1. The van der Waals surface area contributed by atoms with Crippen molar-refractivity contribution in [2.45, 2.75) is 32.2 Å². The predicted octanol–water partition coefficient (Wildman–Crippen LogP) is 1.13. The van der Waals surface area contributed by atoms with E-state index in [-0.39, 0.29) is 17.9 Å². The van der Waals surface area contributed by atoms with E-state index in [1.807, 2.05) is 11.0 Å². The Bertz CT molecular complexity index is 393. The molecule has 0 saturated carbocycles. The van der Waals surface area contributed by atoms with Crippen LogP contribution in [-0.2, 0) is 4.79 Å². The molecule has 1 aliphatic rings. The van der Waals surface area contributed by atoms with Crippen molar-refractivity contribution in [1.82, 2.24) is 14.9 Å². The minimum absolute atomic E-state index is 0.0662. The Hall–Kier alpha value is -1.65. The molecule has 1 saturated heterocycles. The molecule has 0 aliphatic carbocycles. The predicted molar refractivity (Wildman–Crippen MR) is 60.4 cm³/mol. The highest BCUT2D eigenvalue weighted by atomic mass is 16.2. The van der Waals surface area contributed by atoms with E-state index in [0.29, 0.717) is 0 Å². The molecular weight excluding hydrogens is 204 g/mol. The van der Waals surface area contributed by atoms with E-state index in [2.05, 4.69) is 9.97 Å². The zero-order chi connectivity index (χ0) is 11.5. The Labute approximate surface area is 94.7 Å². The summed E-state index contributed by atoms with van der Waals surface area (Å²) in [6, 6.07) is 1.90. The van der Waals surface area contributed by atoms with Crippen molar-refractivity contribution in [1.29, 1.82) is 0 Å². The van der Waals surface area contributed by atoms with Crippen molar-refractivity contribution < 1.29 is 4.79 Å². The van der Waals surface area contributed by atoms with Crippen LogP contribution in [0.5, 0.6) is 0 Å². The number of hydrogen-bond donors (Lipinski definition) is 1. The van der Waals surface area contributed by atoms with Crippen molar-refractivity contribution in [3.8, 4) is 0 Å². The molecule has 0 radical (unpaired) electrons. The largest absolute Gasteiger partial charge is 0.368 e. The molecule has 1 aromatic heterocycles. The zero-order valence-corrected chi connectivity index (χ0v) is 9.39. The SMILES string of the molecule is CC(=O)N1CCCC[C@@H]1c1ccnc(N)n1. The second kappa shape index (κ2) is 4.47. The molecule has 1 atom stereocenters. The second-order valence-electron chi connectivity index (χ2n) is 4.06. The monoisotopic (exact) mass is 220 g/mol. The van der Waals surface area contributed by atoms with Gasteiger partial charge < -0.3 is 10.6 Å². The highest BCUT2D eigenvalue weighted by Gasteiger charge is 2.26. The lowest BCUT2D eigenvalue weighted by Crippen LogP contribution is -2.37. The first-order valence-corrected chi connectivity index (χ1v) is 5.54. The third-order valence-corrected chi connectivity index (χ3v) is 2.94. The van der Waals surface area contributed by atoms with Crippen LogP contribution in [0.4, 0.5) is 5.95 Å². The van der Waals surface area contributed by atoms with Crippen LogP contribution in [-0.4, -0.2) is 27.3 Å². The molecule has 0 unspecified atom stereocenters. The molecule has 1 aromatic rings. The number of carbonyl (C=O) groups is 1. The van der Waals surface area contributed by atoms with Gasteiger partial charge in [0.2, 0.25) is 11.9 Å². The number of amides is 1. The van der Waals surface area contributed by atoms with Gasteiger partial charge in [0.1, 0.15) is 0 Å². The average Bonchev–Trinajstić information content (AvgIpc) is 2.29. The van der Waals surface area contributed by atoms with Gasteiger partial charge in [-0.05, 0) is 25.3 Å². The zero-order valence-electron chi connectivity index (χ0n) is 9.39. The van der Waals surface area contributed by atoms with Crippen LogP contribution in [0.25, 0.3) is 0 Å². The Morgan fingerprint density at radius 2 is 2.38 bits per heavy atom. The molecule has 5 nitrogen and oxygen atoms in total. The molecule has 1 amide bonds. The highest BCUT2D eigenvalue weighted by Crippen LogP contribution is 2.29. The number of piperidine rings is 1. The van der Waals surface area contributed by atoms with Crippen LogP contribution >= 0.6 is 0 Å². The fraction of sp³-hybridized carbons (Fsp3) is 0.545. The van der Waals surface area contributed by atoms with Crippen LogP contribution in [0.3, 0.4) is 0 Å². The first-order chi connectivity index (χ1) is 7.68. The van der Waals surface area contributed by atoms with E-state index in [1.165, 1.54) is 0 Å². The molecule has 1 aliphatic heterocycles. The van der Waals surface area contributed by atoms with Gasteiger partial charge in [-0.3, -0.25) is 4.79 Å². The summed E-state index contributed by atoms with van der Waals surface area (Å²) >= 11 is 0. The van der Waals surface area contributed by atoms with Gasteiger partial charge in [-0.1, -0.05) is 0 Å². The molecule has 16 heavy (non-hydrogen) atoms. The minimum Gasteiger partial charge on any atom is -0.368 e. The normalized spacial score (nSPS) is 20.8. The molecule has 2 rings (SSSR count). The maximum atomic E-state index is 11.5. The molecule has 0 spiro atoms. The second-order valence-corrected chi connectivity index (χ2v) is 4.06. The van der Waals surface area contributed by atoms with Gasteiger partial charge in [0.15, 0.2) is 0 Å². The lowest BCUT2D eigenvalue weighted by Gasteiger charge is -2.34. The molecule has 1 fully saturated rings. The maximum absolute atomic E-state index is 11.5. The van der Waals surface area contributed by atoms with Crippen LogP contribution in [0.1, 0.15) is 37.9 Å². The smallest absolute Gasteiger partial charge is 0.220 e. The number of rotatable bonds is 1. The van der Waals surface area contributed by atoms with Gasteiger partial charge >= 0.3 is 0 Å². The van der Waals surface area contributed by atoms with Crippen molar-refractivity contribution in [3.05, 3.63) is 18.0 Å². The van der Waals surface area contributed by atoms with Gasteiger partial charge in [-0.2, -0.15) is 0 Å². The van der Waals surface area contributed by atoms with Crippen molar-refractivity contribution >= 4 is 11.9 Å². The Morgan fingerprint density at radius 3 is 3.06 bits per heavy atom. The van der Waals surface area contributed by atoms with E-state index in [9.17, 15) is 4.79 Å². The Kier molecular flexibility index (Phi) is 3.03. The Morgan fingerprint density at radius 1 is 1.56 bits per heavy atom. The molecule has 0 aromatic carbocycles. The van der Waals surface area contributed by atoms with Crippen LogP contribution in [0, 0.1) is 0 Å². The molecular formula is C11H16N4O. The lowest BCUT2D eigenvalue weighted by molar-refractivity contribution is -0.132. The van der Waals surface area contributed by atoms with Crippen LogP contribution < -0.4 is 5.73 Å². The summed E-state index contributed by atoms with van der Waals surface area (Å²) in [5, 5.41) is 0. The van der Waals surface area contributed by atoms with Gasteiger partial charge in [0, 0.05) is 19.7 Å². The van der Waals surface area contributed by atoms with Crippen LogP contribution in [0.2, 0.25) is 0 Å². The number of likely N-dealkylation sites (tertiary alicyclic amines) is 1. The summed E-state index contributed by atoms with van der Waals surface area (Å²) < 4.78 is 0. The summed E-state index contributed by atoms with van der Waals surface area (Å²) in [5.74, 6) is 0.369. The fourth-order valence-corrected chi connectivity index (χ4v) is 2.19. The Balaban J connectivity index is 2.26. The topological polar surface area (TPSA) is 72.1 Å². The van der Waals surface area contributed by atoms with Crippen molar-refractivity contribution in [3.63, 3.8) is 0 Å². The van der Waals surface area contributed by atoms with E-state index >= 15 is 0 Å². The van der Waals surface area contributed by atoms with Crippen molar-refractivity contribution in [2.75, 3.05) is 12.3 Å². The van der Waals surface area contributed by atoms with E-state index < -0.39 is 0 Å². The quantitative estimate of drug-likeness (QED) is 0.770. The number of nitrogens with zero attached hydrogens (tertiary/aromatic N) is 3. The van der Waals surface area contributed by atoms with Gasteiger partial charge in [0.25, 0.3) is 0 Å². The third-order valence-electron chi connectivity index (χ3n) is 2.94. The van der Waals surface area contributed by atoms with Crippen molar-refractivity contribution in [2.24, 2.45) is 0 Å². The van der Waals surface area contributed by atoms with Gasteiger partial charge in [-0.25, -0.2) is 9.97 Å². The number of hydrogen-bond acceptors (Lipinski definition) is 4. The molecule has 2 heterocycles. The molecule has 2 N–H and O–H groups in total. The summed E-state index contributed by atoms with van der Waals surface area (Å²) in [7, 11) is 0. The van der Waals surface area contributed by atoms with Crippen LogP contribution in [0.15, 0.2) is 12.3 Å². The van der Waals surface area contributed by atoms with E-state index in [1.54, 1.807) is 13.1 Å². The molecule has 86 valence electrons. The first-order valence-electron chi connectivity index (χ1n) is 5.54. The lowest BCUT2D eigenvalue weighted by atomic mass is 9.99. The fourth-order valence-electron chi connectivity index (χ4n) is 2.19. The summed E-state index contributed by atoms with van der Waals surface area (Å²) in [4.78, 5) is 21.5. The number of aromatic nitrogens is 2. The highest BCUT2D eigenvalue weighted by molar-refractivity contribution is 5.73. The number of nitrogen functional groups attached to an aromatic ring is 1.